The molecule has 4 amide bonds. The Hall–Kier alpha value is -3.94. The average Bonchev–Trinajstić information content (AvgIpc) is 3.32. The van der Waals surface area contributed by atoms with Gasteiger partial charge in [-0.05, 0) is 47.7 Å². The summed E-state index contributed by atoms with van der Waals surface area (Å²) in [6.45, 7) is 4.36. The SMILES string of the molecule is CC(C)c1c(C(=O)Nc2ccc3c(c2)CN(C2CCC(=O)NC2=O)C3=O)[nH]c2ccccc12. The molecule has 8 heteroatoms. The van der Waals surface area contributed by atoms with Crippen LogP contribution in [0.25, 0.3) is 10.9 Å². The zero-order valence-electron chi connectivity index (χ0n) is 18.4. The van der Waals surface area contributed by atoms with Crippen LogP contribution in [0.3, 0.4) is 0 Å². The van der Waals surface area contributed by atoms with Crippen molar-refractivity contribution in [1.82, 2.24) is 15.2 Å². The highest BCUT2D eigenvalue weighted by atomic mass is 16.2. The number of nitrogens with zero attached hydrogens (tertiary/aromatic N) is 1. The fourth-order valence-corrected chi connectivity index (χ4v) is 4.79. The third-order valence-electron chi connectivity index (χ3n) is 6.33. The molecule has 8 nitrogen and oxygen atoms in total. The van der Waals surface area contributed by atoms with Gasteiger partial charge in [0.15, 0.2) is 0 Å². The minimum Gasteiger partial charge on any atom is -0.350 e. The molecule has 3 heterocycles. The Morgan fingerprint density at radius 3 is 2.67 bits per heavy atom. The standard InChI is InChI=1S/C25H24N4O4/c1-13(2)21-17-5-3-4-6-18(17)27-22(21)24(32)26-15-7-8-16-14(11-15)12-29(25(16)33)19-9-10-20(30)28-23(19)31/h3-8,11,13,19,27H,9-10,12H2,1-2H3,(H,26,32)(H,28,30,31). The van der Waals surface area contributed by atoms with Gasteiger partial charge in [0.2, 0.25) is 11.8 Å². The van der Waals surface area contributed by atoms with Crippen molar-refractivity contribution in [3.63, 3.8) is 0 Å². The number of imide groups is 1. The van der Waals surface area contributed by atoms with Crippen molar-refractivity contribution in [3.05, 3.63) is 64.8 Å². The first-order chi connectivity index (χ1) is 15.8. The molecule has 2 aromatic carbocycles. The normalized spacial score (nSPS) is 18.1. The molecule has 168 valence electrons. The van der Waals surface area contributed by atoms with Crippen molar-refractivity contribution in [2.75, 3.05) is 5.32 Å². The van der Waals surface area contributed by atoms with Crippen molar-refractivity contribution in [2.45, 2.75) is 45.2 Å². The molecule has 1 saturated heterocycles. The van der Waals surface area contributed by atoms with E-state index in [1.807, 2.05) is 24.3 Å². The van der Waals surface area contributed by atoms with Crippen molar-refractivity contribution < 1.29 is 19.2 Å². The molecule has 0 bridgehead atoms. The van der Waals surface area contributed by atoms with Crippen LogP contribution < -0.4 is 10.6 Å². The largest absolute Gasteiger partial charge is 0.350 e. The van der Waals surface area contributed by atoms with E-state index in [2.05, 4.69) is 29.5 Å². The number of fused-ring (bicyclic) bond motifs is 2. The zero-order valence-corrected chi connectivity index (χ0v) is 18.4. The monoisotopic (exact) mass is 444 g/mol. The fourth-order valence-electron chi connectivity index (χ4n) is 4.79. The Balaban J connectivity index is 1.39. The molecule has 3 N–H and O–H groups in total. The van der Waals surface area contributed by atoms with Gasteiger partial charge in [-0.2, -0.15) is 0 Å². The molecule has 0 saturated carbocycles. The first-order valence-corrected chi connectivity index (χ1v) is 11.0. The third-order valence-corrected chi connectivity index (χ3v) is 6.33. The molecule has 0 radical (unpaired) electrons. The molecule has 1 aromatic heterocycles. The maximum Gasteiger partial charge on any atom is 0.272 e. The van der Waals surface area contributed by atoms with Crippen molar-refractivity contribution >= 4 is 40.2 Å². The molecule has 0 spiro atoms. The lowest BCUT2D eigenvalue weighted by atomic mass is 9.99. The highest BCUT2D eigenvalue weighted by Crippen LogP contribution is 2.32. The number of anilines is 1. The number of rotatable bonds is 4. The maximum absolute atomic E-state index is 13.2. The van der Waals surface area contributed by atoms with E-state index in [4.69, 9.17) is 0 Å². The number of hydrogen-bond acceptors (Lipinski definition) is 4. The zero-order chi connectivity index (χ0) is 23.3. The van der Waals surface area contributed by atoms with Crippen LogP contribution in [-0.2, 0) is 16.1 Å². The number of nitrogens with one attached hydrogen (secondary N) is 3. The molecule has 2 aliphatic rings. The molecule has 1 fully saturated rings. The Morgan fingerprint density at radius 2 is 1.91 bits per heavy atom. The summed E-state index contributed by atoms with van der Waals surface area (Å²) in [4.78, 5) is 54.4. The number of hydrogen-bond donors (Lipinski definition) is 3. The molecule has 3 aromatic rings. The van der Waals surface area contributed by atoms with E-state index in [-0.39, 0.29) is 36.6 Å². The van der Waals surface area contributed by atoms with Crippen molar-refractivity contribution in [3.8, 4) is 0 Å². The minimum atomic E-state index is -0.666. The number of piperidine rings is 1. The van der Waals surface area contributed by atoms with Gasteiger partial charge in [-0.3, -0.25) is 24.5 Å². The van der Waals surface area contributed by atoms with Crippen LogP contribution in [0.5, 0.6) is 0 Å². The van der Waals surface area contributed by atoms with E-state index < -0.39 is 11.9 Å². The second-order valence-corrected chi connectivity index (χ2v) is 8.84. The molecular formula is C25H24N4O4. The first-order valence-electron chi connectivity index (χ1n) is 11.0. The minimum absolute atomic E-state index is 0.154. The number of H-pyrrole nitrogens is 1. The van der Waals surface area contributed by atoms with Gasteiger partial charge in [-0.15, -0.1) is 0 Å². The predicted molar refractivity (Wildman–Crippen MR) is 123 cm³/mol. The topological polar surface area (TPSA) is 111 Å². The molecular weight excluding hydrogens is 420 g/mol. The number of amides is 4. The summed E-state index contributed by atoms with van der Waals surface area (Å²) in [5, 5.41) is 6.27. The molecule has 1 unspecified atom stereocenters. The highest BCUT2D eigenvalue weighted by Gasteiger charge is 2.39. The summed E-state index contributed by atoms with van der Waals surface area (Å²) in [7, 11) is 0. The van der Waals surface area contributed by atoms with Crippen LogP contribution in [0.2, 0.25) is 0 Å². The Morgan fingerprint density at radius 1 is 1.12 bits per heavy atom. The van der Waals surface area contributed by atoms with Crippen LogP contribution in [0, 0.1) is 0 Å². The lowest BCUT2D eigenvalue weighted by molar-refractivity contribution is -0.136. The number of aromatic nitrogens is 1. The van der Waals surface area contributed by atoms with Gasteiger partial charge in [-0.1, -0.05) is 32.0 Å². The smallest absolute Gasteiger partial charge is 0.272 e. The number of aromatic amines is 1. The second kappa shape index (κ2) is 7.88. The summed E-state index contributed by atoms with van der Waals surface area (Å²) in [5.41, 5.74) is 4.21. The second-order valence-electron chi connectivity index (χ2n) is 8.84. The van der Waals surface area contributed by atoms with Gasteiger partial charge >= 0.3 is 0 Å². The molecule has 33 heavy (non-hydrogen) atoms. The van der Waals surface area contributed by atoms with Gasteiger partial charge in [0, 0.05) is 35.1 Å². The van der Waals surface area contributed by atoms with E-state index in [0.717, 1.165) is 22.0 Å². The van der Waals surface area contributed by atoms with Crippen molar-refractivity contribution in [1.29, 1.82) is 0 Å². The number of carbonyl (C=O) groups excluding carboxylic acids is 4. The fraction of sp³-hybridized carbons (Fsp3) is 0.280. The van der Waals surface area contributed by atoms with Gasteiger partial charge in [0.05, 0.1) is 0 Å². The Bertz CT molecular complexity index is 1320. The third kappa shape index (κ3) is 3.57. The first kappa shape index (κ1) is 20.9. The predicted octanol–water partition coefficient (Wildman–Crippen LogP) is 3.30. The lowest BCUT2D eigenvalue weighted by Gasteiger charge is -2.29. The number of carbonyl (C=O) groups is 4. The van der Waals surface area contributed by atoms with E-state index in [1.165, 1.54) is 4.90 Å². The van der Waals surface area contributed by atoms with Crippen LogP contribution in [0.1, 0.15) is 64.6 Å². The Kier molecular flexibility index (Phi) is 5.00. The highest BCUT2D eigenvalue weighted by molar-refractivity contribution is 6.09. The summed E-state index contributed by atoms with van der Waals surface area (Å²) >= 11 is 0. The Labute approximate surface area is 190 Å². The van der Waals surface area contributed by atoms with Gasteiger partial charge < -0.3 is 15.2 Å². The maximum atomic E-state index is 13.2. The summed E-state index contributed by atoms with van der Waals surface area (Å²) in [6.07, 6.45) is 0.521. The number of benzene rings is 2. The molecule has 0 aliphatic carbocycles. The molecule has 2 aliphatic heterocycles. The molecule has 1 atom stereocenters. The van der Waals surface area contributed by atoms with Crippen LogP contribution >= 0.6 is 0 Å². The van der Waals surface area contributed by atoms with Crippen LogP contribution in [-0.4, -0.2) is 39.6 Å². The quantitative estimate of drug-likeness (QED) is 0.536. The van der Waals surface area contributed by atoms with E-state index in [0.29, 0.717) is 23.4 Å². The lowest BCUT2D eigenvalue weighted by Crippen LogP contribution is -2.52. The summed E-state index contributed by atoms with van der Waals surface area (Å²) in [6, 6.07) is 12.3. The summed E-state index contributed by atoms with van der Waals surface area (Å²) in [5.74, 6) is -1.10. The van der Waals surface area contributed by atoms with E-state index in [9.17, 15) is 19.2 Å². The molecule has 5 rings (SSSR count). The van der Waals surface area contributed by atoms with E-state index >= 15 is 0 Å². The van der Waals surface area contributed by atoms with Crippen molar-refractivity contribution in [2.24, 2.45) is 0 Å². The average molecular weight is 444 g/mol. The summed E-state index contributed by atoms with van der Waals surface area (Å²) < 4.78 is 0. The van der Waals surface area contributed by atoms with Crippen LogP contribution in [0.4, 0.5) is 5.69 Å². The van der Waals surface area contributed by atoms with Gasteiger partial charge in [0.1, 0.15) is 11.7 Å². The van der Waals surface area contributed by atoms with Gasteiger partial charge in [-0.25, -0.2) is 0 Å². The van der Waals surface area contributed by atoms with Gasteiger partial charge in [0.25, 0.3) is 11.8 Å². The van der Waals surface area contributed by atoms with E-state index in [1.54, 1.807) is 18.2 Å². The number of para-hydroxylation sites is 1. The van der Waals surface area contributed by atoms with Crippen LogP contribution in [0.15, 0.2) is 42.5 Å².